The lowest BCUT2D eigenvalue weighted by atomic mass is 10.1. The van der Waals surface area contributed by atoms with Gasteiger partial charge in [-0.1, -0.05) is 12.1 Å². The van der Waals surface area contributed by atoms with Crippen molar-refractivity contribution in [2.45, 2.75) is 24.5 Å². The van der Waals surface area contributed by atoms with Crippen LogP contribution in [-0.2, 0) is 16.4 Å². The third kappa shape index (κ3) is 3.69. The van der Waals surface area contributed by atoms with Crippen LogP contribution in [0.1, 0.15) is 33.4 Å². The summed E-state index contributed by atoms with van der Waals surface area (Å²) in [6.45, 7) is 2.07. The quantitative estimate of drug-likeness (QED) is 0.592. The maximum absolute atomic E-state index is 13.0. The van der Waals surface area contributed by atoms with Crippen LogP contribution in [0.2, 0.25) is 0 Å². The Labute approximate surface area is 173 Å². The van der Waals surface area contributed by atoms with E-state index in [1.54, 1.807) is 25.1 Å². The Bertz CT molecular complexity index is 1220. The smallest absolute Gasteiger partial charge is 0.270 e. The third-order valence-corrected chi connectivity index (χ3v) is 6.66. The molecule has 0 spiro atoms. The SMILES string of the molecule is Cc1cc2n(c1)S(=O)(=O)c1ccc(C(=O)NCCc3ccc(F)cc3)cc1NC2O. The Kier molecular flexibility index (Phi) is 5.08. The van der Waals surface area contributed by atoms with Crippen molar-refractivity contribution in [1.29, 1.82) is 0 Å². The van der Waals surface area contributed by atoms with Gasteiger partial charge in [-0.3, -0.25) is 4.79 Å². The zero-order valence-electron chi connectivity index (χ0n) is 16.1. The van der Waals surface area contributed by atoms with Gasteiger partial charge in [-0.2, -0.15) is 0 Å². The second-order valence-corrected chi connectivity index (χ2v) is 8.92. The van der Waals surface area contributed by atoms with Crippen LogP contribution in [0, 0.1) is 12.7 Å². The number of carbonyl (C=O) groups excluding carboxylic acids is 1. The summed E-state index contributed by atoms with van der Waals surface area (Å²) in [4.78, 5) is 12.5. The maximum atomic E-state index is 13.0. The average Bonchev–Trinajstić information content (AvgIpc) is 3.09. The predicted octanol–water partition coefficient (Wildman–Crippen LogP) is 2.56. The van der Waals surface area contributed by atoms with E-state index in [4.69, 9.17) is 0 Å². The van der Waals surface area contributed by atoms with Crippen molar-refractivity contribution < 1.29 is 22.7 Å². The van der Waals surface area contributed by atoms with E-state index < -0.39 is 16.3 Å². The number of nitrogens with one attached hydrogen (secondary N) is 2. The lowest BCUT2D eigenvalue weighted by Crippen LogP contribution is -2.26. The number of aromatic nitrogens is 1. The summed E-state index contributed by atoms with van der Waals surface area (Å²) in [7, 11) is -3.92. The normalized spacial score (nSPS) is 16.7. The highest BCUT2D eigenvalue weighted by molar-refractivity contribution is 7.90. The van der Waals surface area contributed by atoms with Crippen LogP contribution in [0.25, 0.3) is 0 Å². The molecule has 1 aliphatic heterocycles. The highest BCUT2D eigenvalue weighted by Crippen LogP contribution is 2.34. The van der Waals surface area contributed by atoms with Gasteiger partial charge in [-0.25, -0.2) is 16.8 Å². The molecule has 0 saturated carbocycles. The lowest BCUT2D eigenvalue weighted by Gasteiger charge is -2.13. The van der Waals surface area contributed by atoms with Crippen LogP contribution < -0.4 is 10.6 Å². The number of nitrogens with zero attached hydrogens (tertiary/aromatic N) is 1. The predicted molar refractivity (Wildman–Crippen MR) is 109 cm³/mol. The molecule has 2 aromatic carbocycles. The summed E-state index contributed by atoms with van der Waals surface area (Å²) in [6, 6.07) is 11.8. The molecule has 7 nitrogen and oxygen atoms in total. The molecule has 0 bridgehead atoms. The lowest BCUT2D eigenvalue weighted by molar-refractivity contribution is 0.0954. The number of halogens is 1. The van der Waals surface area contributed by atoms with Crippen molar-refractivity contribution in [3.05, 3.63) is 82.9 Å². The zero-order chi connectivity index (χ0) is 21.5. The minimum atomic E-state index is -3.92. The molecule has 3 aromatic rings. The van der Waals surface area contributed by atoms with Gasteiger partial charge in [-0.15, -0.1) is 0 Å². The molecule has 0 saturated heterocycles. The number of aliphatic hydroxyl groups is 1. The fourth-order valence-corrected chi connectivity index (χ4v) is 4.99. The van der Waals surface area contributed by atoms with E-state index in [1.807, 2.05) is 0 Å². The van der Waals surface area contributed by atoms with E-state index in [9.17, 15) is 22.7 Å². The van der Waals surface area contributed by atoms with Gasteiger partial charge >= 0.3 is 0 Å². The van der Waals surface area contributed by atoms with Crippen molar-refractivity contribution in [2.24, 2.45) is 0 Å². The number of amides is 1. The minimum Gasteiger partial charge on any atom is -0.368 e. The Morgan fingerprint density at radius 3 is 2.67 bits per heavy atom. The molecule has 9 heteroatoms. The zero-order valence-corrected chi connectivity index (χ0v) is 16.9. The van der Waals surface area contributed by atoms with E-state index in [1.165, 1.54) is 36.5 Å². The van der Waals surface area contributed by atoms with Crippen LogP contribution >= 0.6 is 0 Å². The summed E-state index contributed by atoms with van der Waals surface area (Å²) in [5.41, 5.74) is 2.19. The second kappa shape index (κ2) is 7.58. The Hall–Kier alpha value is -3.17. The van der Waals surface area contributed by atoms with E-state index >= 15 is 0 Å². The van der Waals surface area contributed by atoms with Crippen LogP contribution in [0.3, 0.4) is 0 Å². The first-order chi connectivity index (χ1) is 14.3. The van der Waals surface area contributed by atoms with Gasteiger partial charge in [0.25, 0.3) is 15.9 Å². The van der Waals surface area contributed by atoms with Gasteiger partial charge < -0.3 is 15.7 Å². The van der Waals surface area contributed by atoms with Crippen molar-refractivity contribution in [2.75, 3.05) is 11.9 Å². The summed E-state index contributed by atoms with van der Waals surface area (Å²) < 4.78 is 40.0. The number of fused-ring (bicyclic) bond motifs is 2. The molecule has 1 aromatic heterocycles. The van der Waals surface area contributed by atoms with Gasteiger partial charge in [0, 0.05) is 18.3 Å². The molecule has 30 heavy (non-hydrogen) atoms. The Morgan fingerprint density at radius 2 is 1.93 bits per heavy atom. The Morgan fingerprint density at radius 1 is 1.20 bits per heavy atom. The first kappa shape index (κ1) is 20.1. The monoisotopic (exact) mass is 429 g/mol. The molecule has 156 valence electrons. The number of anilines is 1. The molecule has 1 amide bonds. The minimum absolute atomic E-state index is 0.0289. The molecule has 2 heterocycles. The van der Waals surface area contributed by atoms with Gasteiger partial charge in [0.2, 0.25) is 0 Å². The molecule has 1 unspecified atom stereocenters. The standard InChI is InChI=1S/C21H20FN3O4S/c1-13-10-18-21(27)24-17-11-15(4-7-19(17)30(28,29)25(18)12-13)20(26)23-9-8-14-2-5-16(22)6-3-14/h2-7,10-12,21,24,27H,8-9H2,1H3,(H,23,26). The van der Waals surface area contributed by atoms with Crippen LogP contribution in [0.5, 0.6) is 0 Å². The van der Waals surface area contributed by atoms with Gasteiger partial charge in [0.1, 0.15) is 10.7 Å². The largest absolute Gasteiger partial charge is 0.368 e. The maximum Gasteiger partial charge on any atom is 0.270 e. The van der Waals surface area contributed by atoms with E-state index in [0.29, 0.717) is 18.5 Å². The number of hydrogen-bond acceptors (Lipinski definition) is 5. The van der Waals surface area contributed by atoms with E-state index in [0.717, 1.165) is 9.54 Å². The van der Waals surface area contributed by atoms with E-state index in [2.05, 4.69) is 10.6 Å². The fourth-order valence-electron chi connectivity index (χ4n) is 3.41. The average molecular weight is 429 g/mol. The van der Waals surface area contributed by atoms with Gasteiger partial charge in [0.15, 0.2) is 6.23 Å². The third-order valence-electron chi connectivity index (χ3n) is 4.91. The van der Waals surface area contributed by atoms with Gasteiger partial charge in [-0.05, 0) is 60.9 Å². The van der Waals surface area contributed by atoms with Crippen molar-refractivity contribution in [3.8, 4) is 0 Å². The molecule has 0 aliphatic carbocycles. The van der Waals surface area contributed by atoms with Crippen molar-refractivity contribution in [3.63, 3.8) is 0 Å². The van der Waals surface area contributed by atoms with Gasteiger partial charge in [0.05, 0.1) is 11.4 Å². The van der Waals surface area contributed by atoms with Crippen LogP contribution in [-0.4, -0.2) is 29.9 Å². The second-order valence-electron chi connectivity index (χ2n) is 7.13. The van der Waals surface area contributed by atoms with Crippen molar-refractivity contribution in [1.82, 2.24) is 9.29 Å². The number of rotatable bonds is 4. The summed E-state index contributed by atoms with van der Waals surface area (Å²) in [6.07, 6.45) is 0.726. The first-order valence-electron chi connectivity index (χ1n) is 9.31. The molecule has 0 fully saturated rings. The molecule has 4 rings (SSSR count). The van der Waals surface area contributed by atoms with Crippen LogP contribution in [0.4, 0.5) is 10.1 Å². The molecule has 3 N–H and O–H groups in total. The summed E-state index contributed by atoms with van der Waals surface area (Å²) in [5, 5.41) is 16.0. The molecule has 1 aliphatic rings. The van der Waals surface area contributed by atoms with Crippen molar-refractivity contribution >= 4 is 21.6 Å². The fraction of sp³-hybridized carbons (Fsp3) is 0.190. The highest BCUT2D eigenvalue weighted by atomic mass is 32.2. The molecular formula is C21H20FN3O4S. The summed E-state index contributed by atoms with van der Waals surface area (Å²) >= 11 is 0. The molecule has 1 atom stereocenters. The molecular weight excluding hydrogens is 409 g/mol. The summed E-state index contributed by atoms with van der Waals surface area (Å²) in [5.74, 6) is -0.701. The van der Waals surface area contributed by atoms with Crippen LogP contribution in [0.15, 0.2) is 59.6 Å². The topological polar surface area (TPSA) is 100 Å². The number of aryl methyl sites for hydroxylation is 1. The highest BCUT2D eigenvalue weighted by Gasteiger charge is 2.31. The number of aliphatic hydroxyl groups excluding tert-OH is 1. The number of hydrogen-bond donors (Lipinski definition) is 3. The van der Waals surface area contributed by atoms with E-state index in [-0.39, 0.29) is 33.6 Å². The number of carbonyl (C=O) groups is 1. The molecule has 0 radical (unpaired) electrons. The Balaban J connectivity index is 1.54. The number of benzene rings is 2. The first-order valence-corrected chi connectivity index (χ1v) is 10.8.